The van der Waals surface area contributed by atoms with Crippen LogP contribution in [0.25, 0.3) is 0 Å². The first-order valence-electron chi connectivity index (χ1n) is 10.2. The van der Waals surface area contributed by atoms with Crippen molar-refractivity contribution in [2.24, 2.45) is 0 Å². The number of piperidine rings is 1. The molecule has 2 aromatic carbocycles. The molecule has 1 fully saturated rings. The van der Waals surface area contributed by atoms with Crippen molar-refractivity contribution in [1.82, 2.24) is 10.2 Å². The van der Waals surface area contributed by atoms with Gasteiger partial charge in [0.25, 0.3) is 15.9 Å². The zero-order valence-electron chi connectivity index (χ0n) is 17.6. The number of nitrogens with zero attached hydrogens (tertiary/aromatic N) is 1. The summed E-state index contributed by atoms with van der Waals surface area (Å²) in [5.41, 5.74) is 0.858. The Labute approximate surface area is 182 Å². The molecular formula is C22H27N3O5S. The molecule has 8 nitrogen and oxygen atoms in total. The van der Waals surface area contributed by atoms with Gasteiger partial charge in [0.15, 0.2) is 0 Å². The number of likely N-dealkylation sites (tertiary alicyclic amines) is 1. The van der Waals surface area contributed by atoms with Crippen LogP contribution in [0.2, 0.25) is 0 Å². The molecule has 0 radical (unpaired) electrons. The molecule has 0 spiro atoms. The Morgan fingerprint density at radius 3 is 2.19 bits per heavy atom. The highest BCUT2D eigenvalue weighted by molar-refractivity contribution is 7.92. The van der Waals surface area contributed by atoms with Gasteiger partial charge in [0.1, 0.15) is 5.75 Å². The van der Waals surface area contributed by atoms with E-state index in [9.17, 15) is 18.0 Å². The third-order valence-corrected chi connectivity index (χ3v) is 6.42. The van der Waals surface area contributed by atoms with E-state index >= 15 is 0 Å². The SMILES string of the molecule is CCOc1ccc(S(=O)(=O)Nc2ccc(C(=O)N3CCC(NC(C)=O)CC3)cc2)cc1. The lowest BCUT2D eigenvalue weighted by Crippen LogP contribution is -2.46. The van der Waals surface area contributed by atoms with Gasteiger partial charge in [0.2, 0.25) is 5.91 Å². The molecular weight excluding hydrogens is 418 g/mol. The predicted octanol–water partition coefficient (Wildman–Crippen LogP) is 2.63. The van der Waals surface area contributed by atoms with Gasteiger partial charge in [-0.3, -0.25) is 14.3 Å². The van der Waals surface area contributed by atoms with Gasteiger partial charge in [0, 0.05) is 37.3 Å². The molecule has 1 aliphatic heterocycles. The number of hydrogen-bond donors (Lipinski definition) is 2. The lowest BCUT2D eigenvalue weighted by Gasteiger charge is -2.32. The van der Waals surface area contributed by atoms with Gasteiger partial charge in [-0.2, -0.15) is 0 Å². The minimum atomic E-state index is -3.75. The van der Waals surface area contributed by atoms with Crippen LogP contribution in [-0.4, -0.2) is 50.9 Å². The zero-order chi connectivity index (χ0) is 22.4. The van der Waals surface area contributed by atoms with E-state index in [1.807, 2.05) is 6.92 Å². The predicted molar refractivity (Wildman–Crippen MR) is 118 cm³/mol. The van der Waals surface area contributed by atoms with E-state index in [1.165, 1.54) is 19.1 Å². The maximum absolute atomic E-state index is 12.7. The van der Waals surface area contributed by atoms with Crippen molar-refractivity contribution in [1.29, 1.82) is 0 Å². The van der Waals surface area contributed by atoms with E-state index in [0.29, 0.717) is 49.5 Å². The number of amides is 2. The summed E-state index contributed by atoms with van der Waals surface area (Å²) in [6.07, 6.45) is 1.43. The molecule has 1 saturated heterocycles. The largest absolute Gasteiger partial charge is 0.494 e. The van der Waals surface area contributed by atoms with Crippen LogP contribution >= 0.6 is 0 Å². The van der Waals surface area contributed by atoms with Crippen molar-refractivity contribution < 1.29 is 22.7 Å². The van der Waals surface area contributed by atoms with Crippen molar-refractivity contribution in [3.8, 4) is 5.75 Å². The summed E-state index contributed by atoms with van der Waals surface area (Å²) in [5, 5.41) is 2.88. The number of sulfonamides is 1. The quantitative estimate of drug-likeness (QED) is 0.682. The Hall–Kier alpha value is -3.07. The highest BCUT2D eigenvalue weighted by Gasteiger charge is 2.24. The molecule has 31 heavy (non-hydrogen) atoms. The Bertz CT molecular complexity index is 1010. The van der Waals surface area contributed by atoms with Crippen LogP contribution in [0.5, 0.6) is 5.75 Å². The molecule has 2 amide bonds. The van der Waals surface area contributed by atoms with Crippen LogP contribution in [-0.2, 0) is 14.8 Å². The summed E-state index contributed by atoms with van der Waals surface area (Å²) in [6, 6.07) is 12.6. The molecule has 9 heteroatoms. The minimum absolute atomic E-state index is 0.0620. The maximum atomic E-state index is 12.7. The number of carbonyl (C=O) groups is 2. The van der Waals surface area contributed by atoms with E-state index < -0.39 is 10.0 Å². The molecule has 0 unspecified atom stereocenters. The normalized spacial score (nSPS) is 14.7. The summed E-state index contributed by atoms with van der Waals surface area (Å²) in [4.78, 5) is 25.8. The second-order valence-corrected chi connectivity index (χ2v) is 9.04. The molecule has 0 aliphatic carbocycles. The standard InChI is InChI=1S/C22H27N3O5S/c1-3-30-20-8-10-21(11-9-20)31(28,29)24-19-6-4-17(5-7-19)22(27)25-14-12-18(13-15-25)23-16(2)26/h4-11,18,24H,3,12-15H2,1-2H3,(H,23,26). The second kappa shape index (κ2) is 9.82. The van der Waals surface area contributed by atoms with Gasteiger partial charge in [0.05, 0.1) is 11.5 Å². The van der Waals surface area contributed by atoms with Gasteiger partial charge in [-0.15, -0.1) is 0 Å². The summed E-state index contributed by atoms with van der Waals surface area (Å²) in [6.45, 7) is 4.98. The number of hydrogen-bond acceptors (Lipinski definition) is 5. The van der Waals surface area contributed by atoms with Crippen LogP contribution in [0.1, 0.15) is 37.0 Å². The molecule has 1 heterocycles. The fraction of sp³-hybridized carbons (Fsp3) is 0.364. The van der Waals surface area contributed by atoms with Crippen LogP contribution < -0.4 is 14.8 Å². The number of rotatable bonds is 7. The molecule has 2 aromatic rings. The Kier molecular flexibility index (Phi) is 7.17. The smallest absolute Gasteiger partial charge is 0.261 e. The third-order valence-electron chi connectivity index (χ3n) is 5.02. The summed E-state index contributed by atoms with van der Waals surface area (Å²) >= 11 is 0. The summed E-state index contributed by atoms with van der Waals surface area (Å²) in [7, 11) is -3.75. The fourth-order valence-corrected chi connectivity index (χ4v) is 4.53. The van der Waals surface area contributed by atoms with E-state index in [0.717, 1.165) is 0 Å². The molecule has 0 bridgehead atoms. The summed E-state index contributed by atoms with van der Waals surface area (Å²) in [5.74, 6) is 0.431. The first-order chi connectivity index (χ1) is 14.8. The number of benzene rings is 2. The Morgan fingerprint density at radius 2 is 1.65 bits per heavy atom. The maximum Gasteiger partial charge on any atom is 0.261 e. The second-order valence-electron chi connectivity index (χ2n) is 7.35. The van der Waals surface area contributed by atoms with Crippen molar-refractivity contribution in [2.75, 3.05) is 24.4 Å². The third kappa shape index (κ3) is 5.97. The molecule has 0 saturated carbocycles. The van der Waals surface area contributed by atoms with Gasteiger partial charge < -0.3 is 15.0 Å². The van der Waals surface area contributed by atoms with E-state index in [2.05, 4.69) is 10.0 Å². The summed E-state index contributed by atoms with van der Waals surface area (Å²) < 4.78 is 33.0. The van der Waals surface area contributed by atoms with E-state index in [4.69, 9.17) is 4.74 Å². The first-order valence-corrected chi connectivity index (χ1v) is 11.7. The Balaban J connectivity index is 1.60. The van der Waals surface area contributed by atoms with Gasteiger partial charge in [-0.05, 0) is 68.3 Å². The molecule has 2 N–H and O–H groups in total. The van der Waals surface area contributed by atoms with E-state index in [-0.39, 0.29) is 22.8 Å². The lowest BCUT2D eigenvalue weighted by molar-refractivity contribution is -0.119. The van der Waals surface area contributed by atoms with Gasteiger partial charge >= 0.3 is 0 Å². The number of anilines is 1. The fourth-order valence-electron chi connectivity index (χ4n) is 3.47. The monoisotopic (exact) mass is 445 g/mol. The number of carbonyl (C=O) groups excluding carboxylic acids is 2. The van der Waals surface area contributed by atoms with Crippen molar-refractivity contribution >= 4 is 27.5 Å². The molecule has 1 aliphatic rings. The van der Waals surface area contributed by atoms with Crippen LogP contribution in [0.15, 0.2) is 53.4 Å². The molecule has 0 aromatic heterocycles. The molecule has 3 rings (SSSR count). The van der Waals surface area contributed by atoms with Crippen LogP contribution in [0.4, 0.5) is 5.69 Å². The lowest BCUT2D eigenvalue weighted by atomic mass is 10.0. The average molecular weight is 446 g/mol. The molecule has 166 valence electrons. The van der Waals surface area contributed by atoms with Crippen LogP contribution in [0.3, 0.4) is 0 Å². The van der Waals surface area contributed by atoms with Gasteiger partial charge in [-0.25, -0.2) is 8.42 Å². The number of ether oxygens (including phenoxy) is 1. The number of nitrogens with one attached hydrogen (secondary N) is 2. The zero-order valence-corrected chi connectivity index (χ0v) is 18.4. The van der Waals surface area contributed by atoms with Crippen molar-refractivity contribution in [3.63, 3.8) is 0 Å². The van der Waals surface area contributed by atoms with Crippen LogP contribution in [0, 0.1) is 0 Å². The average Bonchev–Trinajstić information content (AvgIpc) is 2.74. The minimum Gasteiger partial charge on any atom is -0.494 e. The highest BCUT2D eigenvalue weighted by atomic mass is 32.2. The molecule has 0 atom stereocenters. The van der Waals surface area contributed by atoms with Crippen molar-refractivity contribution in [3.05, 3.63) is 54.1 Å². The highest BCUT2D eigenvalue weighted by Crippen LogP contribution is 2.21. The Morgan fingerprint density at radius 1 is 1.03 bits per heavy atom. The van der Waals surface area contributed by atoms with Gasteiger partial charge in [-0.1, -0.05) is 0 Å². The van der Waals surface area contributed by atoms with Crippen molar-refractivity contribution in [2.45, 2.75) is 37.6 Å². The topological polar surface area (TPSA) is 105 Å². The first kappa shape index (κ1) is 22.6. The van der Waals surface area contributed by atoms with E-state index in [1.54, 1.807) is 41.3 Å².